The molecule has 2 rings (SSSR count). The highest BCUT2D eigenvalue weighted by molar-refractivity contribution is 5.94. The Kier molecular flexibility index (Phi) is 12.1. The summed E-state index contributed by atoms with van der Waals surface area (Å²) >= 11 is 0. The van der Waals surface area contributed by atoms with Crippen LogP contribution in [0.3, 0.4) is 0 Å². The summed E-state index contributed by atoms with van der Waals surface area (Å²) in [7, 11) is 3.35. The lowest BCUT2D eigenvalue weighted by Crippen LogP contribution is -2.08. The van der Waals surface area contributed by atoms with Crippen LogP contribution in [0.4, 0.5) is 5.69 Å². The van der Waals surface area contributed by atoms with Crippen molar-refractivity contribution in [3.63, 3.8) is 0 Å². The van der Waals surface area contributed by atoms with Gasteiger partial charge < -0.3 is 15.4 Å². The van der Waals surface area contributed by atoms with E-state index in [0.717, 1.165) is 24.2 Å². The molecule has 32 heavy (non-hydrogen) atoms. The molecule has 1 aromatic carbocycles. The van der Waals surface area contributed by atoms with Crippen LogP contribution in [0.15, 0.2) is 89.3 Å². The van der Waals surface area contributed by atoms with Gasteiger partial charge in [-0.1, -0.05) is 60.7 Å². The summed E-state index contributed by atoms with van der Waals surface area (Å²) in [4.78, 5) is 14.8. The first-order valence-corrected chi connectivity index (χ1v) is 10.5. The van der Waals surface area contributed by atoms with Gasteiger partial charge in [0.05, 0.1) is 7.11 Å². The molecule has 1 amide bonds. The Morgan fingerprint density at radius 1 is 1.28 bits per heavy atom. The van der Waals surface area contributed by atoms with Gasteiger partial charge in [-0.15, -0.1) is 0 Å². The maximum atomic E-state index is 11.5. The van der Waals surface area contributed by atoms with Crippen LogP contribution < -0.4 is 10.6 Å². The van der Waals surface area contributed by atoms with Crippen LogP contribution in [0.2, 0.25) is 0 Å². The van der Waals surface area contributed by atoms with Gasteiger partial charge >= 0.3 is 5.91 Å². The summed E-state index contributed by atoms with van der Waals surface area (Å²) < 4.78 is 5.00. The zero-order chi connectivity index (χ0) is 23.9. The number of ether oxygens (including phenoxy) is 1. The number of rotatable bonds is 9. The van der Waals surface area contributed by atoms with Crippen molar-refractivity contribution in [2.75, 3.05) is 26.0 Å². The maximum Gasteiger partial charge on any atom is 0.312 e. The number of methoxy groups -OCH3 is 1. The summed E-state index contributed by atoms with van der Waals surface area (Å²) in [6.45, 7) is 13.9. The highest BCUT2D eigenvalue weighted by Gasteiger charge is 2.10. The van der Waals surface area contributed by atoms with Crippen molar-refractivity contribution in [2.45, 2.75) is 27.2 Å². The quantitative estimate of drug-likeness (QED) is 0.225. The minimum absolute atomic E-state index is 0.123. The molecule has 5 nitrogen and oxygen atoms in total. The average Bonchev–Trinajstić information content (AvgIpc) is 3.24. The van der Waals surface area contributed by atoms with Crippen molar-refractivity contribution in [3.8, 4) is 0 Å². The molecule has 0 saturated heterocycles. The van der Waals surface area contributed by atoms with Gasteiger partial charge in [0.25, 0.3) is 0 Å². The topological polar surface area (TPSA) is 62.7 Å². The van der Waals surface area contributed by atoms with Gasteiger partial charge in [0.2, 0.25) is 5.76 Å². The number of nitrogens with one attached hydrogen (secondary N) is 2. The Labute approximate surface area is 192 Å². The first-order valence-electron chi connectivity index (χ1n) is 10.5. The van der Waals surface area contributed by atoms with E-state index in [1.54, 1.807) is 0 Å². The largest absolute Gasteiger partial charge is 0.490 e. The Morgan fingerprint density at radius 3 is 2.56 bits per heavy atom. The third-order valence-corrected chi connectivity index (χ3v) is 4.73. The Balaban J connectivity index is 0.000000433. The van der Waals surface area contributed by atoms with Crippen molar-refractivity contribution in [1.82, 2.24) is 5.32 Å². The van der Waals surface area contributed by atoms with Crippen LogP contribution in [-0.2, 0) is 9.53 Å². The van der Waals surface area contributed by atoms with Crippen molar-refractivity contribution in [3.05, 3.63) is 95.5 Å². The summed E-state index contributed by atoms with van der Waals surface area (Å²) in [6, 6.07) is 6.24. The molecule has 2 N–H and O–H groups in total. The minimum atomic E-state index is -0.498. The lowest BCUT2D eigenvalue weighted by atomic mass is 10.0. The number of hydrogen-bond donors (Lipinski definition) is 2. The molecule has 0 bridgehead atoms. The molecule has 0 aliphatic heterocycles. The molecule has 170 valence electrons. The second-order valence-electron chi connectivity index (χ2n) is 7.23. The van der Waals surface area contributed by atoms with Gasteiger partial charge in [-0.25, -0.2) is 4.99 Å². The highest BCUT2D eigenvalue weighted by Crippen LogP contribution is 2.30. The maximum absolute atomic E-state index is 11.5. The van der Waals surface area contributed by atoms with Crippen LogP contribution in [0.25, 0.3) is 5.57 Å². The van der Waals surface area contributed by atoms with Crippen LogP contribution in [-0.4, -0.2) is 33.3 Å². The van der Waals surface area contributed by atoms with Crippen LogP contribution in [0.1, 0.15) is 31.4 Å². The van der Waals surface area contributed by atoms with E-state index in [9.17, 15) is 4.79 Å². The molecule has 0 fully saturated rings. The smallest absolute Gasteiger partial charge is 0.312 e. The summed E-state index contributed by atoms with van der Waals surface area (Å²) in [5.41, 5.74) is 7.03. The number of carbonyl (C=O) groups excluding carboxylic acids is 1. The van der Waals surface area contributed by atoms with E-state index >= 15 is 0 Å². The standard InChI is InChI=1S/C18H20N2O2.C9H15N/c1-12-5-7-14(9-12)15-8-6-13(2)16(10-15)20-11-17(22-4)18(21)19-3;1-4-6-7-9(5-2)8-10-3/h5-8,10-11,20H,3,9H2,1-2,4H3;4-7,10H,2,8H2,1,3H3/b17-11+;6-4-,9-7+. The van der Waals surface area contributed by atoms with Crippen LogP contribution in [0.5, 0.6) is 0 Å². The van der Waals surface area contributed by atoms with Gasteiger partial charge in [-0.3, -0.25) is 4.79 Å². The molecule has 1 aromatic rings. The second kappa shape index (κ2) is 14.5. The molecule has 0 heterocycles. The molecular formula is C27H35N3O2. The monoisotopic (exact) mass is 433 g/mol. The molecule has 0 saturated carbocycles. The fraction of sp³-hybridized carbons (Fsp3) is 0.259. The molecule has 0 unspecified atom stereocenters. The van der Waals surface area contributed by atoms with E-state index < -0.39 is 5.91 Å². The number of aryl methyl sites for hydroxylation is 1. The molecule has 0 spiro atoms. The van der Waals surface area contributed by atoms with Gasteiger partial charge in [0.15, 0.2) is 0 Å². The van der Waals surface area contributed by atoms with Gasteiger partial charge in [0, 0.05) is 18.4 Å². The Hall–Kier alpha value is -3.44. The van der Waals surface area contributed by atoms with Crippen LogP contribution >= 0.6 is 0 Å². The van der Waals surface area contributed by atoms with Gasteiger partial charge in [0.1, 0.15) is 0 Å². The predicted molar refractivity (Wildman–Crippen MR) is 138 cm³/mol. The zero-order valence-electron chi connectivity index (χ0n) is 19.9. The number of allylic oxidation sites excluding steroid dienone is 7. The molecule has 1 aliphatic carbocycles. The molecule has 5 heteroatoms. The predicted octanol–water partition coefficient (Wildman–Crippen LogP) is 5.75. The number of benzene rings is 1. The first kappa shape index (κ1) is 26.6. The SMILES string of the molecule is C=C/C(=C\C=C/C)CNC.C=NC(=O)/C(=C\Nc1cc(C2=CC=C(C)C2)ccc1C)OC. The average molecular weight is 434 g/mol. The van der Waals surface area contributed by atoms with Crippen LogP contribution in [0, 0.1) is 6.92 Å². The summed E-state index contributed by atoms with van der Waals surface area (Å²) in [6.07, 6.45) is 14.7. The van der Waals surface area contributed by atoms with Crippen molar-refractivity contribution in [1.29, 1.82) is 0 Å². The van der Waals surface area contributed by atoms with E-state index in [1.165, 1.54) is 35.6 Å². The highest BCUT2D eigenvalue weighted by atomic mass is 16.5. The number of nitrogens with zero attached hydrogens (tertiary/aromatic N) is 1. The number of amides is 1. The fourth-order valence-corrected chi connectivity index (χ4v) is 2.89. The lowest BCUT2D eigenvalue weighted by molar-refractivity contribution is -0.117. The molecule has 0 aromatic heterocycles. The normalized spacial score (nSPS) is 13.7. The number of carbonyl (C=O) groups is 1. The minimum Gasteiger partial charge on any atom is -0.490 e. The van der Waals surface area contributed by atoms with Crippen molar-refractivity contribution in [2.24, 2.45) is 4.99 Å². The Bertz CT molecular complexity index is 963. The van der Waals surface area contributed by atoms with Crippen molar-refractivity contribution < 1.29 is 9.53 Å². The molecule has 0 radical (unpaired) electrons. The van der Waals surface area contributed by atoms with Gasteiger partial charge in [-0.2, -0.15) is 0 Å². The summed E-state index contributed by atoms with van der Waals surface area (Å²) in [5, 5.41) is 6.17. The number of anilines is 1. The van der Waals surface area contributed by atoms with E-state index in [1.807, 2.05) is 45.2 Å². The third-order valence-electron chi connectivity index (χ3n) is 4.73. The third kappa shape index (κ3) is 8.74. The molecule has 1 aliphatic rings. The number of hydrogen-bond acceptors (Lipinski definition) is 4. The van der Waals surface area contributed by atoms with E-state index in [-0.39, 0.29) is 5.76 Å². The van der Waals surface area contributed by atoms with Crippen molar-refractivity contribution >= 4 is 23.9 Å². The molecular weight excluding hydrogens is 398 g/mol. The zero-order valence-corrected chi connectivity index (χ0v) is 19.9. The lowest BCUT2D eigenvalue weighted by Gasteiger charge is -2.11. The second-order valence-corrected chi connectivity index (χ2v) is 7.23. The Morgan fingerprint density at radius 2 is 2.03 bits per heavy atom. The van der Waals surface area contributed by atoms with Gasteiger partial charge in [-0.05, 0) is 69.3 Å². The van der Waals surface area contributed by atoms with E-state index in [2.05, 4.69) is 66.2 Å². The molecule has 0 atom stereocenters. The van der Waals surface area contributed by atoms with E-state index in [0.29, 0.717) is 0 Å². The number of aliphatic imine (C=N–C) groups is 1. The fourth-order valence-electron chi connectivity index (χ4n) is 2.89. The number of likely N-dealkylation sites (N-methyl/N-ethyl adjacent to an activating group) is 1. The summed E-state index contributed by atoms with van der Waals surface area (Å²) in [5.74, 6) is -0.375. The first-order chi connectivity index (χ1) is 15.4. The van der Waals surface area contributed by atoms with E-state index in [4.69, 9.17) is 4.74 Å².